The minimum Gasteiger partial charge on any atom is -0.460 e. The molecule has 0 unspecified atom stereocenters. The van der Waals surface area contributed by atoms with Crippen LogP contribution in [0.4, 0.5) is 0 Å². The summed E-state index contributed by atoms with van der Waals surface area (Å²) in [7, 11) is 0. The molecular weight excluding hydrogens is 312 g/mol. The molecule has 72 valence electrons. The van der Waals surface area contributed by atoms with Crippen LogP contribution in [0, 0.1) is 0 Å². The van der Waals surface area contributed by atoms with Crippen LogP contribution >= 0.6 is 31.9 Å². The number of alkyl halides is 1. The third-order valence-electron chi connectivity index (χ3n) is 1.94. The molecule has 14 heavy (non-hydrogen) atoms. The lowest BCUT2D eigenvalue weighted by atomic mass is 10.1. The van der Waals surface area contributed by atoms with Crippen molar-refractivity contribution in [2.24, 2.45) is 0 Å². The summed E-state index contributed by atoms with van der Waals surface area (Å²) in [5.41, 5.74) is 0. The van der Waals surface area contributed by atoms with Gasteiger partial charge in [0.05, 0.1) is 11.6 Å². The van der Waals surface area contributed by atoms with E-state index >= 15 is 0 Å². The first-order valence-electron chi connectivity index (χ1n) is 3.98. The fourth-order valence-electron chi connectivity index (χ4n) is 1.30. The molecule has 0 aliphatic carbocycles. The van der Waals surface area contributed by atoms with Gasteiger partial charge in [0.25, 0.3) is 0 Å². The summed E-state index contributed by atoms with van der Waals surface area (Å²) in [6.45, 7) is 0. The van der Waals surface area contributed by atoms with E-state index in [1.54, 1.807) is 6.26 Å². The smallest absolute Gasteiger partial charge is 0.209 e. The highest BCUT2D eigenvalue weighted by Gasteiger charge is 2.13. The van der Waals surface area contributed by atoms with Gasteiger partial charge in [-0.25, -0.2) is 0 Å². The zero-order valence-electron chi connectivity index (χ0n) is 7.09. The van der Waals surface area contributed by atoms with Gasteiger partial charge < -0.3 is 4.42 Å². The van der Waals surface area contributed by atoms with Crippen LogP contribution in [0.3, 0.4) is 0 Å². The van der Waals surface area contributed by atoms with Gasteiger partial charge in [-0.1, -0.05) is 31.9 Å². The summed E-state index contributed by atoms with van der Waals surface area (Å²) < 4.78 is 6.20. The first-order valence-corrected chi connectivity index (χ1v) is 5.89. The number of benzene rings is 1. The van der Waals surface area contributed by atoms with Crippen molar-refractivity contribution in [1.82, 2.24) is 0 Å². The van der Waals surface area contributed by atoms with Crippen LogP contribution in [-0.4, -0.2) is 11.1 Å². The number of Topliss-reactive ketones (excluding diaryl/α,β-unsaturated/α-hetero) is 1. The molecule has 0 bridgehead atoms. The molecule has 1 aromatic carbocycles. The fraction of sp³-hybridized carbons (Fsp3) is 0.100. The van der Waals surface area contributed by atoms with Gasteiger partial charge in [0.1, 0.15) is 0 Å². The lowest BCUT2D eigenvalue weighted by molar-refractivity contribution is 0.0995. The Morgan fingerprint density at radius 2 is 2.21 bits per heavy atom. The number of fused-ring (bicyclic) bond motifs is 1. The Morgan fingerprint density at radius 1 is 1.43 bits per heavy atom. The van der Waals surface area contributed by atoms with Crippen LogP contribution in [0.15, 0.2) is 33.4 Å². The molecule has 1 heterocycles. The van der Waals surface area contributed by atoms with E-state index in [1.807, 2.05) is 18.2 Å². The quantitative estimate of drug-likeness (QED) is 0.623. The van der Waals surface area contributed by atoms with E-state index in [-0.39, 0.29) is 11.1 Å². The Labute approximate surface area is 97.5 Å². The lowest BCUT2D eigenvalue weighted by Crippen LogP contribution is -1.97. The van der Waals surface area contributed by atoms with E-state index in [4.69, 9.17) is 4.42 Å². The second-order valence-corrected chi connectivity index (χ2v) is 4.33. The van der Waals surface area contributed by atoms with Gasteiger partial charge in [0.15, 0.2) is 5.76 Å². The first kappa shape index (κ1) is 9.93. The van der Waals surface area contributed by atoms with Crippen LogP contribution < -0.4 is 0 Å². The largest absolute Gasteiger partial charge is 0.460 e. The van der Waals surface area contributed by atoms with Crippen molar-refractivity contribution in [2.75, 3.05) is 5.33 Å². The first-order chi connectivity index (χ1) is 6.72. The predicted molar refractivity (Wildman–Crippen MR) is 62.0 cm³/mol. The molecule has 0 saturated carbocycles. The second-order valence-electron chi connectivity index (χ2n) is 2.85. The predicted octanol–water partition coefficient (Wildman–Crippen LogP) is 3.77. The molecule has 2 rings (SSSR count). The van der Waals surface area contributed by atoms with Crippen LogP contribution in [0.5, 0.6) is 0 Å². The van der Waals surface area contributed by atoms with Crippen molar-refractivity contribution in [1.29, 1.82) is 0 Å². The molecule has 0 atom stereocenters. The Bertz CT molecular complexity index is 488. The van der Waals surface area contributed by atoms with E-state index in [0.717, 1.165) is 15.2 Å². The van der Waals surface area contributed by atoms with E-state index < -0.39 is 0 Å². The van der Waals surface area contributed by atoms with E-state index in [0.29, 0.717) is 5.76 Å². The van der Waals surface area contributed by atoms with Crippen molar-refractivity contribution in [3.8, 4) is 0 Å². The van der Waals surface area contributed by atoms with Gasteiger partial charge in [-0.15, -0.1) is 0 Å². The van der Waals surface area contributed by atoms with E-state index in [1.165, 1.54) is 0 Å². The number of rotatable bonds is 2. The molecule has 0 aliphatic rings. The molecule has 0 amide bonds. The van der Waals surface area contributed by atoms with Crippen molar-refractivity contribution in [3.05, 3.63) is 34.7 Å². The van der Waals surface area contributed by atoms with Crippen LogP contribution in [0.1, 0.15) is 10.6 Å². The lowest BCUT2D eigenvalue weighted by Gasteiger charge is -1.93. The van der Waals surface area contributed by atoms with Crippen molar-refractivity contribution < 1.29 is 9.21 Å². The second kappa shape index (κ2) is 3.87. The molecule has 0 spiro atoms. The minimum atomic E-state index is -0.0395. The Morgan fingerprint density at radius 3 is 2.93 bits per heavy atom. The molecular formula is C10H6Br2O2. The van der Waals surface area contributed by atoms with Crippen LogP contribution in [-0.2, 0) is 0 Å². The number of hydrogen-bond acceptors (Lipinski definition) is 2. The minimum absolute atomic E-state index is 0.0395. The molecule has 0 aliphatic heterocycles. The number of halogens is 2. The van der Waals surface area contributed by atoms with Gasteiger partial charge in [-0.2, -0.15) is 0 Å². The van der Waals surface area contributed by atoms with Crippen LogP contribution in [0.25, 0.3) is 10.8 Å². The third-order valence-corrected chi connectivity index (χ3v) is 2.94. The van der Waals surface area contributed by atoms with E-state index in [2.05, 4.69) is 31.9 Å². The molecule has 0 fully saturated rings. The topological polar surface area (TPSA) is 30.2 Å². The molecule has 0 saturated heterocycles. The zero-order chi connectivity index (χ0) is 10.1. The van der Waals surface area contributed by atoms with Crippen molar-refractivity contribution in [3.63, 3.8) is 0 Å². The maximum Gasteiger partial charge on any atom is 0.209 e. The summed E-state index contributed by atoms with van der Waals surface area (Å²) in [5, 5.41) is 2.08. The summed E-state index contributed by atoms with van der Waals surface area (Å²) >= 11 is 6.48. The molecule has 4 heteroatoms. The number of carbonyl (C=O) groups is 1. The van der Waals surface area contributed by atoms with Gasteiger partial charge >= 0.3 is 0 Å². The summed E-state index contributed by atoms with van der Waals surface area (Å²) in [6, 6.07) is 5.69. The van der Waals surface area contributed by atoms with E-state index in [9.17, 15) is 4.79 Å². The maximum atomic E-state index is 11.4. The molecule has 2 aromatic rings. The summed E-state index contributed by atoms with van der Waals surface area (Å²) in [5.74, 6) is 0.381. The normalized spacial score (nSPS) is 10.7. The standard InChI is InChI=1S/C10H6Br2O2/c11-4-9(13)10-8-2-1-7(12)3-6(8)5-14-10/h1-3,5H,4H2. The SMILES string of the molecule is O=C(CBr)c1occ2cc(Br)ccc12. The van der Waals surface area contributed by atoms with Gasteiger partial charge in [0.2, 0.25) is 5.78 Å². The average molecular weight is 318 g/mol. The Hall–Kier alpha value is -0.610. The molecule has 1 aromatic heterocycles. The highest BCUT2D eigenvalue weighted by molar-refractivity contribution is 9.10. The number of hydrogen-bond donors (Lipinski definition) is 0. The maximum absolute atomic E-state index is 11.4. The monoisotopic (exact) mass is 316 g/mol. The summed E-state index contributed by atoms with van der Waals surface area (Å²) in [4.78, 5) is 11.4. The summed E-state index contributed by atoms with van der Waals surface area (Å²) in [6.07, 6.45) is 1.59. The molecule has 0 radical (unpaired) electrons. The molecule has 2 nitrogen and oxygen atoms in total. The number of furan rings is 1. The Kier molecular flexibility index (Phi) is 2.74. The highest BCUT2D eigenvalue weighted by atomic mass is 79.9. The van der Waals surface area contributed by atoms with Gasteiger partial charge in [-0.3, -0.25) is 4.79 Å². The zero-order valence-corrected chi connectivity index (χ0v) is 10.3. The highest BCUT2D eigenvalue weighted by Crippen LogP contribution is 2.25. The number of ketones is 1. The Balaban J connectivity index is 2.64. The number of carbonyl (C=O) groups excluding carboxylic acids is 1. The van der Waals surface area contributed by atoms with Crippen molar-refractivity contribution in [2.45, 2.75) is 0 Å². The van der Waals surface area contributed by atoms with Crippen molar-refractivity contribution >= 4 is 48.4 Å². The molecule has 0 N–H and O–H groups in total. The third kappa shape index (κ3) is 1.64. The van der Waals surface area contributed by atoms with Gasteiger partial charge in [-0.05, 0) is 18.2 Å². The van der Waals surface area contributed by atoms with Crippen LogP contribution in [0.2, 0.25) is 0 Å². The average Bonchev–Trinajstić information content (AvgIpc) is 2.59. The fourth-order valence-corrected chi connectivity index (χ4v) is 1.93. The van der Waals surface area contributed by atoms with Gasteiger partial charge in [0, 0.05) is 15.2 Å².